The molecule has 0 saturated heterocycles. The van der Waals surface area contributed by atoms with Crippen molar-refractivity contribution in [2.24, 2.45) is 15.0 Å². The lowest BCUT2D eigenvalue weighted by Gasteiger charge is -2.11. The van der Waals surface area contributed by atoms with Crippen LogP contribution in [0.2, 0.25) is 0 Å². The molecule has 0 radical (unpaired) electrons. The normalized spacial score (nSPS) is 18.8. The molecule has 0 atom stereocenters. The van der Waals surface area contributed by atoms with Crippen LogP contribution in [0.4, 0.5) is 0 Å². The second kappa shape index (κ2) is 16.6. The van der Waals surface area contributed by atoms with Gasteiger partial charge in [-0.3, -0.25) is 15.0 Å². The van der Waals surface area contributed by atoms with Gasteiger partial charge in [0.15, 0.2) is 0 Å². The number of hydrogen-bond acceptors (Lipinski definition) is 3. The molecule has 1 aliphatic heterocycles. The summed E-state index contributed by atoms with van der Waals surface area (Å²) in [7, 11) is 0. The summed E-state index contributed by atoms with van der Waals surface area (Å²) in [5, 5.41) is 4.87. The predicted molar refractivity (Wildman–Crippen MR) is 213 cm³/mol. The second-order valence-corrected chi connectivity index (χ2v) is 11.6. The Bertz CT molecular complexity index is 2220. The van der Waals surface area contributed by atoms with Crippen molar-refractivity contribution in [1.82, 2.24) is 0 Å². The third-order valence-corrected chi connectivity index (χ3v) is 8.43. The topological polar surface area (TPSA) is 37.1 Å². The summed E-state index contributed by atoms with van der Waals surface area (Å²) >= 11 is 0. The van der Waals surface area contributed by atoms with Crippen LogP contribution >= 0.6 is 0 Å². The van der Waals surface area contributed by atoms with Gasteiger partial charge in [0.2, 0.25) is 0 Å². The van der Waals surface area contributed by atoms with Crippen molar-refractivity contribution >= 4 is 40.2 Å². The minimum absolute atomic E-state index is 0.526. The van der Waals surface area contributed by atoms with Crippen molar-refractivity contribution in [2.45, 2.75) is 13.5 Å². The molecule has 0 aliphatic carbocycles. The van der Waals surface area contributed by atoms with Crippen molar-refractivity contribution in [1.29, 1.82) is 0 Å². The van der Waals surface area contributed by atoms with Crippen molar-refractivity contribution in [3.63, 3.8) is 0 Å². The highest BCUT2D eigenvalue weighted by Gasteiger charge is 2.09. The maximum atomic E-state index is 5.24. The predicted octanol–water partition coefficient (Wildman–Crippen LogP) is 11.4. The minimum atomic E-state index is 0.526. The van der Waals surface area contributed by atoms with Gasteiger partial charge < -0.3 is 0 Å². The number of benzene rings is 5. The van der Waals surface area contributed by atoms with Gasteiger partial charge in [-0.1, -0.05) is 164 Å². The maximum Gasteiger partial charge on any atom is 0.0716 e. The Morgan fingerprint density at radius 2 is 1.45 bits per heavy atom. The summed E-state index contributed by atoms with van der Waals surface area (Å²) in [5.41, 5.74) is 8.10. The van der Waals surface area contributed by atoms with Crippen LogP contribution < -0.4 is 0 Å². The SMILES string of the molecule is C=NC(=C\C(=NCc1cccc2ccccc12)c1ccc(-c2cccc3ccccc23)cc1)/C1=C/C=C\C(=C/C)\C=C/C=NC\C=C\C=C\1. The molecule has 5 aromatic carbocycles. The third-order valence-electron chi connectivity index (χ3n) is 8.43. The fourth-order valence-electron chi connectivity index (χ4n) is 5.84. The summed E-state index contributed by atoms with van der Waals surface area (Å²) in [6.07, 6.45) is 24.2. The highest BCUT2D eigenvalue weighted by Crippen LogP contribution is 2.29. The molecule has 0 unspecified atom stereocenters. The molecule has 0 fully saturated rings. The number of aliphatic imine (C=N–C) groups is 3. The van der Waals surface area contributed by atoms with Crippen LogP contribution in [0, 0.1) is 0 Å². The monoisotopic (exact) mass is 633 g/mol. The summed E-state index contributed by atoms with van der Waals surface area (Å²) < 4.78 is 0. The van der Waals surface area contributed by atoms with Crippen LogP contribution in [-0.2, 0) is 6.54 Å². The summed E-state index contributed by atoms with van der Waals surface area (Å²) in [4.78, 5) is 14.2. The number of hydrogen-bond donors (Lipinski definition) is 0. The lowest BCUT2D eigenvalue weighted by Crippen LogP contribution is -2.01. The Morgan fingerprint density at radius 1 is 0.735 bits per heavy atom. The lowest BCUT2D eigenvalue weighted by atomic mass is 9.96. The molecule has 0 amide bonds. The van der Waals surface area contributed by atoms with Crippen LogP contribution in [0.25, 0.3) is 32.7 Å². The van der Waals surface area contributed by atoms with Gasteiger partial charge in [-0.2, -0.15) is 0 Å². The van der Waals surface area contributed by atoms with Gasteiger partial charge in [0.1, 0.15) is 0 Å². The Morgan fingerprint density at radius 3 is 2.24 bits per heavy atom. The van der Waals surface area contributed by atoms with Crippen LogP contribution in [0.3, 0.4) is 0 Å². The van der Waals surface area contributed by atoms with E-state index in [1.165, 1.54) is 32.7 Å². The van der Waals surface area contributed by atoms with Gasteiger partial charge in [0, 0.05) is 11.8 Å². The first-order valence-electron chi connectivity index (χ1n) is 16.6. The molecule has 0 bridgehead atoms. The molecule has 3 heteroatoms. The van der Waals surface area contributed by atoms with Gasteiger partial charge in [-0.15, -0.1) is 0 Å². The molecule has 0 saturated carbocycles. The summed E-state index contributed by atoms with van der Waals surface area (Å²) in [5.74, 6) is 0. The third kappa shape index (κ3) is 8.40. The van der Waals surface area contributed by atoms with Gasteiger partial charge in [-0.25, -0.2) is 0 Å². The zero-order valence-electron chi connectivity index (χ0n) is 27.8. The molecule has 6 rings (SSSR count). The average molecular weight is 634 g/mol. The molecule has 49 heavy (non-hydrogen) atoms. The number of rotatable bonds is 7. The van der Waals surface area contributed by atoms with Gasteiger partial charge in [-0.05, 0) is 75.2 Å². The molecule has 0 aromatic heterocycles. The number of allylic oxidation sites excluding steroid dienone is 11. The van der Waals surface area contributed by atoms with Gasteiger partial charge in [0.25, 0.3) is 0 Å². The van der Waals surface area contributed by atoms with E-state index in [2.05, 4.69) is 144 Å². The molecule has 238 valence electrons. The summed E-state index contributed by atoms with van der Waals surface area (Å²) in [6, 6.07) is 38.5. The largest absolute Gasteiger partial charge is 0.289 e. The fraction of sp³-hybridized carbons (Fsp3) is 0.0652. The average Bonchev–Trinajstić information content (AvgIpc) is 3.15. The molecule has 1 heterocycles. The van der Waals surface area contributed by atoms with Crippen LogP contribution in [0.5, 0.6) is 0 Å². The zero-order valence-corrected chi connectivity index (χ0v) is 27.8. The molecular formula is C46H39N3. The van der Waals surface area contributed by atoms with Crippen molar-refractivity contribution in [3.05, 3.63) is 204 Å². The van der Waals surface area contributed by atoms with Crippen LogP contribution in [0.1, 0.15) is 18.1 Å². The van der Waals surface area contributed by atoms with E-state index in [1.807, 2.05) is 61.7 Å². The van der Waals surface area contributed by atoms with E-state index in [-0.39, 0.29) is 0 Å². The number of nitrogens with zero attached hydrogens (tertiary/aromatic N) is 3. The molecule has 3 nitrogen and oxygen atoms in total. The number of fused-ring (bicyclic) bond motifs is 2. The van der Waals surface area contributed by atoms with Crippen molar-refractivity contribution in [3.8, 4) is 11.1 Å². The Kier molecular flexibility index (Phi) is 11.1. The molecule has 0 N–H and O–H groups in total. The van der Waals surface area contributed by atoms with E-state index in [4.69, 9.17) is 4.99 Å². The first kappa shape index (κ1) is 32.7. The summed E-state index contributed by atoms with van der Waals surface area (Å²) in [6.45, 7) is 7.14. The van der Waals surface area contributed by atoms with E-state index < -0.39 is 0 Å². The first-order chi connectivity index (χ1) is 24.2. The fourth-order valence-corrected chi connectivity index (χ4v) is 5.84. The van der Waals surface area contributed by atoms with Gasteiger partial charge >= 0.3 is 0 Å². The maximum absolute atomic E-state index is 5.24. The van der Waals surface area contributed by atoms with E-state index in [9.17, 15) is 0 Å². The standard InChI is InChI=1S/C46H39N3/c1-3-35-15-11-22-39(19-5-4-10-31-48-32-14-16-35)45(47-2)33-46(49-34-41-23-12-20-36-17-6-8-24-42(36)41)40-29-27-38(28-30-40)44-26-13-21-37-18-7-9-25-43(37)44/h3-30,32-33H,2,31,34H2,1H3/b10-4+,15-11-,16-14-,19-5+,35-3+,39-22+,45-33-,48-32?,49-46?. The first-order valence-corrected chi connectivity index (χ1v) is 16.6. The Labute approximate surface area is 289 Å². The Hall–Kier alpha value is -6.19. The highest BCUT2D eigenvalue weighted by atomic mass is 14.8. The lowest BCUT2D eigenvalue weighted by molar-refractivity contribution is 1.08. The molecule has 0 spiro atoms. The van der Waals surface area contributed by atoms with Crippen molar-refractivity contribution < 1.29 is 0 Å². The molecule has 1 aliphatic rings. The van der Waals surface area contributed by atoms with Gasteiger partial charge in [0.05, 0.1) is 24.5 Å². The minimum Gasteiger partial charge on any atom is -0.289 e. The van der Waals surface area contributed by atoms with Crippen molar-refractivity contribution in [2.75, 3.05) is 6.54 Å². The van der Waals surface area contributed by atoms with Crippen LogP contribution in [-0.4, -0.2) is 25.2 Å². The molecule has 5 aromatic rings. The zero-order chi connectivity index (χ0) is 33.7. The van der Waals surface area contributed by atoms with E-state index in [0.29, 0.717) is 13.1 Å². The second-order valence-electron chi connectivity index (χ2n) is 11.6. The van der Waals surface area contributed by atoms with E-state index >= 15 is 0 Å². The molecular weight excluding hydrogens is 595 g/mol. The van der Waals surface area contributed by atoms with Crippen LogP contribution in [0.15, 0.2) is 208 Å². The van der Waals surface area contributed by atoms with E-state index in [0.717, 1.165) is 33.7 Å². The smallest absolute Gasteiger partial charge is 0.0716 e. The quantitative estimate of drug-likeness (QED) is 0.160. The van der Waals surface area contributed by atoms with E-state index in [1.54, 1.807) is 0 Å². The Balaban J connectivity index is 1.43. The highest BCUT2D eigenvalue weighted by molar-refractivity contribution is 6.10.